The Labute approximate surface area is 97.4 Å². The summed E-state index contributed by atoms with van der Waals surface area (Å²) in [5.74, 6) is -1.20. The summed E-state index contributed by atoms with van der Waals surface area (Å²) in [6.07, 6.45) is -3.35. The molecule has 0 aliphatic heterocycles. The summed E-state index contributed by atoms with van der Waals surface area (Å²) in [6.45, 7) is 0.768. The molecule has 4 nitrogen and oxygen atoms in total. The van der Waals surface area contributed by atoms with Crippen LogP contribution in [-0.2, 0) is 4.79 Å². The molecule has 100 valence electrons. The molecule has 4 N–H and O–H groups in total. The first kappa shape index (κ1) is 14.2. The van der Waals surface area contributed by atoms with Gasteiger partial charge in [-0.05, 0) is 32.1 Å². The van der Waals surface area contributed by atoms with Crippen LogP contribution in [0.4, 0.5) is 13.2 Å². The predicted octanol–water partition coefficient (Wildman–Crippen LogP) is 0.543. The number of halogens is 3. The van der Waals surface area contributed by atoms with Crippen LogP contribution in [0.5, 0.6) is 0 Å². The molecule has 0 saturated heterocycles. The highest BCUT2D eigenvalue weighted by Crippen LogP contribution is 2.28. The summed E-state index contributed by atoms with van der Waals surface area (Å²) in [5, 5.41) is 11.4. The van der Waals surface area contributed by atoms with E-state index in [1.54, 1.807) is 0 Å². The lowest BCUT2D eigenvalue weighted by atomic mass is 10.0. The zero-order chi connectivity index (χ0) is 13.3. The van der Waals surface area contributed by atoms with Crippen LogP contribution >= 0.6 is 0 Å². The minimum atomic E-state index is -4.77. The lowest BCUT2D eigenvalue weighted by molar-refractivity contribution is -0.187. The number of nitrogens with one attached hydrogen (secondary N) is 1. The fraction of sp³-hybridized carbons (Fsp3) is 0.900. The number of hydrogen-bond acceptors (Lipinski definition) is 3. The van der Waals surface area contributed by atoms with Gasteiger partial charge in [-0.25, -0.2) is 0 Å². The van der Waals surface area contributed by atoms with Crippen LogP contribution in [0.1, 0.15) is 26.2 Å². The van der Waals surface area contributed by atoms with Crippen LogP contribution in [-0.4, -0.2) is 35.4 Å². The lowest BCUT2D eigenvalue weighted by Gasteiger charge is -2.26. The third kappa shape index (κ3) is 3.32. The van der Waals surface area contributed by atoms with Crippen molar-refractivity contribution in [3.05, 3.63) is 0 Å². The number of carbonyl (C=O) groups is 1. The molecule has 17 heavy (non-hydrogen) atoms. The molecule has 0 aromatic rings. The van der Waals surface area contributed by atoms with E-state index in [9.17, 15) is 23.1 Å². The molecule has 1 rings (SSSR count). The topological polar surface area (TPSA) is 75.4 Å². The van der Waals surface area contributed by atoms with E-state index in [-0.39, 0.29) is 12.5 Å². The highest BCUT2D eigenvalue weighted by molar-refractivity contribution is 5.86. The molecule has 1 amide bonds. The zero-order valence-electron chi connectivity index (χ0n) is 9.55. The van der Waals surface area contributed by atoms with Crippen molar-refractivity contribution < 1.29 is 23.1 Å². The van der Waals surface area contributed by atoms with Crippen molar-refractivity contribution in [2.45, 2.75) is 44.0 Å². The van der Waals surface area contributed by atoms with Crippen molar-refractivity contribution >= 4 is 5.91 Å². The summed E-state index contributed by atoms with van der Waals surface area (Å²) in [4.78, 5) is 11.3. The van der Waals surface area contributed by atoms with Gasteiger partial charge < -0.3 is 16.2 Å². The molecular formula is C10H17F3N2O2. The lowest BCUT2D eigenvalue weighted by Crippen LogP contribution is -2.61. The summed E-state index contributed by atoms with van der Waals surface area (Å²) >= 11 is 0. The summed E-state index contributed by atoms with van der Waals surface area (Å²) in [7, 11) is 0. The number of rotatable bonds is 3. The summed E-state index contributed by atoms with van der Waals surface area (Å²) < 4.78 is 37.3. The van der Waals surface area contributed by atoms with E-state index in [1.807, 2.05) is 0 Å². The van der Waals surface area contributed by atoms with Gasteiger partial charge in [0, 0.05) is 6.54 Å². The fourth-order valence-corrected chi connectivity index (χ4v) is 1.78. The number of carbonyl (C=O) groups excluding carboxylic acids is 1. The van der Waals surface area contributed by atoms with Gasteiger partial charge in [-0.3, -0.25) is 4.79 Å². The Morgan fingerprint density at radius 1 is 1.47 bits per heavy atom. The van der Waals surface area contributed by atoms with Crippen LogP contribution < -0.4 is 11.1 Å². The molecule has 0 radical (unpaired) electrons. The minimum absolute atomic E-state index is 0.0259. The molecule has 1 saturated carbocycles. The van der Waals surface area contributed by atoms with Crippen molar-refractivity contribution in [3.8, 4) is 0 Å². The SMILES string of the molecule is CC(N)(C(=O)NCC1CCC(O)C1)C(F)(F)F. The van der Waals surface area contributed by atoms with Crippen LogP contribution in [0.15, 0.2) is 0 Å². The Kier molecular flexibility index (Phi) is 4.03. The smallest absolute Gasteiger partial charge is 0.393 e. The van der Waals surface area contributed by atoms with Crippen molar-refractivity contribution in [1.82, 2.24) is 5.32 Å². The number of hydrogen-bond donors (Lipinski definition) is 3. The van der Waals surface area contributed by atoms with Gasteiger partial charge in [-0.1, -0.05) is 0 Å². The normalized spacial score (nSPS) is 28.8. The number of aliphatic hydroxyl groups excluding tert-OH is 1. The van der Waals surface area contributed by atoms with Gasteiger partial charge in [-0.2, -0.15) is 13.2 Å². The molecule has 0 heterocycles. The van der Waals surface area contributed by atoms with Crippen LogP contribution in [0, 0.1) is 5.92 Å². The van der Waals surface area contributed by atoms with Gasteiger partial charge in [0.2, 0.25) is 5.91 Å². The Hall–Kier alpha value is -0.820. The number of nitrogens with two attached hydrogens (primary N) is 1. The zero-order valence-corrected chi connectivity index (χ0v) is 9.55. The van der Waals surface area contributed by atoms with E-state index >= 15 is 0 Å². The van der Waals surface area contributed by atoms with E-state index in [4.69, 9.17) is 5.73 Å². The average Bonchev–Trinajstić information content (AvgIpc) is 2.58. The largest absolute Gasteiger partial charge is 0.415 e. The molecule has 0 bridgehead atoms. The fourth-order valence-electron chi connectivity index (χ4n) is 1.78. The van der Waals surface area contributed by atoms with E-state index < -0.39 is 23.7 Å². The van der Waals surface area contributed by atoms with Gasteiger partial charge in [0.05, 0.1) is 6.10 Å². The number of amides is 1. The first-order valence-electron chi connectivity index (χ1n) is 5.46. The van der Waals surface area contributed by atoms with Crippen molar-refractivity contribution in [3.63, 3.8) is 0 Å². The molecular weight excluding hydrogens is 237 g/mol. The molecule has 0 spiro atoms. The summed E-state index contributed by atoms with van der Waals surface area (Å²) in [5.41, 5.74) is 2.09. The quantitative estimate of drug-likeness (QED) is 0.688. The van der Waals surface area contributed by atoms with Gasteiger partial charge in [0.25, 0.3) is 0 Å². The maximum absolute atomic E-state index is 12.4. The second-order valence-corrected chi connectivity index (χ2v) is 4.74. The van der Waals surface area contributed by atoms with Gasteiger partial charge in [0.1, 0.15) is 0 Å². The molecule has 0 aromatic carbocycles. The maximum Gasteiger partial charge on any atom is 0.415 e. The Bertz CT molecular complexity index is 292. The molecule has 7 heteroatoms. The van der Waals surface area contributed by atoms with Crippen molar-refractivity contribution in [2.75, 3.05) is 6.54 Å². The second kappa shape index (κ2) is 4.81. The number of aliphatic hydroxyl groups is 1. The Morgan fingerprint density at radius 2 is 2.06 bits per heavy atom. The molecule has 3 atom stereocenters. The van der Waals surface area contributed by atoms with Crippen LogP contribution in [0.25, 0.3) is 0 Å². The van der Waals surface area contributed by atoms with E-state index in [0.29, 0.717) is 26.2 Å². The van der Waals surface area contributed by atoms with Crippen LogP contribution in [0.2, 0.25) is 0 Å². The highest BCUT2D eigenvalue weighted by Gasteiger charge is 2.53. The maximum atomic E-state index is 12.4. The van der Waals surface area contributed by atoms with E-state index in [0.717, 1.165) is 0 Å². The minimum Gasteiger partial charge on any atom is -0.393 e. The van der Waals surface area contributed by atoms with E-state index in [2.05, 4.69) is 5.32 Å². The first-order valence-corrected chi connectivity index (χ1v) is 5.46. The summed E-state index contributed by atoms with van der Waals surface area (Å²) in [6, 6.07) is 0. The molecule has 1 aliphatic rings. The highest BCUT2D eigenvalue weighted by atomic mass is 19.4. The Morgan fingerprint density at radius 3 is 2.47 bits per heavy atom. The van der Waals surface area contributed by atoms with Crippen LogP contribution in [0.3, 0.4) is 0 Å². The average molecular weight is 254 g/mol. The third-order valence-electron chi connectivity index (χ3n) is 3.13. The van der Waals surface area contributed by atoms with Gasteiger partial charge >= 0.3 is 6.18 Å². The predicted molar refractivity (Wildman–Crippen MR) is 55.0 cm³/mol. The second-order valence-electron chi connectivity index (χ2n) is 4.74. The third-order valence-corrected chi connectivity index (χ3v) is 3.13. The monoisotopic (exact) mass is 254 g/mol. The van der Waals surface area contributed by atoms with Gasteiger partial charge in [-0.15, -0.1) is 0 Å². The molecule has 1 fully saturated rings. The molecule has 3 unspecified atom stereocenters. The van der Waals surface area contributed by atoms with E-state index in [1.165, 1.54) is 0 Å². The van der Waals surface area contributed by atoms with Crippen molar-refractivity contribution in [1.29, 1.82) is 0 Å². The standard InChI is InChI=1S/C10H17F3N2O2/c1-9(14,10(11,12)13)8(17)15-5-6-2-3-7(16)4-6/h6-7,16H,2-5,14H2,1H3,(H,15,17). The van der Waals surface area contributed by atoms with Crippen molar-refractivity contribution in [2.24, 2.45) is 11.7 Å². The number of alkyl halides is 3. The Balaban J connectivity index is 2.45. The molecule has 1 aliphatic carbocycles. The van der Waals surface area contributed by atoms with Gasteiger partial charge in [0.15, 0.2) is 5.54 Å². The molecule has 0 aromatic heterocycles. The first-order chi connectivity index (χ1) is 7.64.